The molecule has 0 saturated heterocycles. The van der Waals surface area contributed by atoms with Crippen LogP contribution in [-0.2, 0) is 30.8 Å². The molecule has 0 aromatic heterocycles. The summed E-state index contributed by atoms with van der Waals surface area (Å²) in [6.45, 7) is 0.147. The molecule has 9 N–H and O–H groups in total. The smallest absolute Gasteiger partial charge is 0.326 e. The van der Waals surface area contributed by atoms with Crippen LogP contribution in [0, 0.1) is 11.3 Å². The third-order valence-corrected chi connectivity index (χ3v) is 7.97. The third-order valence-electron chi connectivity index (χ3n) is 7.25. The van der Waals surface area contributed by atoms with Crippen molar-refractivity contribution >= 4 is 27.8 Å². The van der Waals surface area contributed by atoms with Crippen LogP contribution < -0.4 is 21.1 Å². The van der Waals surface area contributed by atoms with Gasteiger partial charge >= 0.3 is 5.97 Å². The minimum Gasteiger partial charge on any atom is -0.508 e. The fourth-order valence-corrected chi connectivity index (χ4v) is 5.83. The maximum atomic E-state index is 13.5. The Hall–Kier alpha value is -2.78. The number of aliphatic hydroxyl groups is 2. The number of carbonyl (C=O) groups is 3. The molecule has 1 unspecified atom stereocenters. The Morgan fingerprint density at radius 1 is 1.05 bits per heavy atom. The number of carbonyl (C=O) groups excluding carboxylic acids is 2. The number of hydrogen-bond acceptors (Lipinski definition) is 9. The molecular formula is C26H42N4O9S. The van der Waals surface area contributed by atoms with Gasteiger partial charge in [0.25, 0.3) is 0 Å². The van der Waals surface area contributed by atoms with Gasteiger partial charge in [0.15, 0.2) is 6.29 Å². The van der Waals surface area contributed by atoms with Gasteiger partial charge in [0.2, 0.25) is 21.8 Å². The summed E-state index contributed by atoms with van der Waals surface area (Å²) in [6, 6.07) is 3.65. The van der Waals surface area contributed by atoms with Crippen molar-refractivity contribution in [1.82, 2.24) is 15.4 Å². The Kier molecular flexibility index (Phi) is 12.8. The van der Waals surface area contributed by atoms with Gasteiger partial charge in [0.05, 0.1) is 6.26 Å². The maximum Gasteiger partial charge on any atom is 0.326 e. The minimum atomic E-state index is -3.70. The van der Waals surface area contributed by atoms with Gasteiger partial charge in [0, 0.05) is 24.3 Å². The SMILES string of the molecule is CS(=O)(=O)NC(CCCCN)C(=O)NC[C@H](CC1(C(=O)N[C@@H](Cc2ccc(O)cc2)C(=O)O)CCCC1)C(O)O. The van der Waals surface area contributed by atoms with Crippen LogP contribution in [0.15, 0.2) is 24.3 Å². The molecule has 0 heterocycles. The first-order valence-electron chi connectivity index (χ1n) is 13.4. The molecule has 1 fully saturated rings. The fraction of sp³-hybridized carbons (Fsp3) is 0.654. The zero-order valence-corrected chi connectivity index (χ0v) is 23.5. The van der Waals surface area contributed by atoms with E-state index in [2.05, 4.69) is 15.4 Å². The highest BCUT2D eigenvalue weighted by atomic mass is 32.2. The first-order chi connectivity index (χ1) is 18.8. The van der Waals surface area contributed by atoms with Crippen molar-refractivity contribution in [2.75, 3.05) is 19.3 Å². The topological polar surface area (TPSA) is 228 Å². The van der Waals surface area contributed by atoms with Crippen molar-refractivity contribution < 1.29 is 43.2 Å². The van der Waals surface area contributed by atoms with Crippen molar-refractivity contribution in [3.63, 3.8) is 0 Å². The van der Waals surface area contributed by atoms with Crippen LogP contribution >= 0.6 is 0 Å². The average molecular weight is 587 g/mol. The van der Waals surface area contributed by atoms with Crippen molar-refractivity contribution in [3.8, 4) is 5.75 Å². The number of benzene rings is 1. The number of sulfonamides is 1. The second-order valence-corrected chi connectivity index (χ2v) is 12.4. The van der Waals surface area contributed by atoms with E-state index >= 15 is 0 Å². The maximum absolute atomic E-state index is 13.5. The number of aliphatic hydroxyl groups excluding tert-OH is 1. The molecule has 1 aromatic carbocycles. The summed E-state index contributed by atoms with van der Waals surface area (Å²) in [5.41, 5.74) is 5.01. The number of rotatable bonds is 17. The van der Waals surface area contributed by atoms with Crippen molar-refractivity contribution in [2.24, 2.45) is 17.1 Å². The summed E-state index contributed by atoms with van der Waals surface area (Å²) in [5.74, 6) is -3.35. The third kappa shape index (κ3) is 10.7. The van der Waals surface area contributed by atoms with Crippen LogP contribution in [0.4, 0.5) is 0 Å². The average Bonchev–Trinajstić information content (AvgIpc) is 3.35. The molecule has 226 valence electrons. The van der Waals surface area contributed by atoms with E-state index in [4.69, 9.17) is 5.73 Å². The molecule has 2 rings (SSSR count). The van der Waals surface area contributed by atoms with Crippen LogP contribution in [-0.4, -0.2) is 84.3 Å². The number of aliphatic carboxylic acids is 1. The molecule has 1 saturated carbocycles. The molecule has 40 heavy (non-hydrogen) atoms. The predicted octanol–water partition coefficient (Wildman–Crippen LogP) is -0.455. The highest BCUT2D eigenvalue weighted by molar-refractivity contribution is 7.88. The number of carboxylic acids is 1. The summed E-state index contributed by atoms with van der Waals surface area (Å²) < 4.78 is 25.8. The lowest BCUT2D eigenvalue weighted by molar-refractivity contribution is -0.145. The van der Waals surface area contributed by atoms with E-state index < -0.39 is 57.5 Å². The lowest BCUT2D eigenvalue weighted by atomic mass is 9.76. The standard InChI is InChI=1S/C26H42N4O9S/c1-40(38,39)30-20(6-2-5-13-27)22(32)28-16-18(23(33)34)15-26(11-3-4-12-26)25(37)29-21(24(35)36)14-17-7-9-19(31)10-8-17/h7-10,18,20-21,23,30-31,33-34H,2-6,11-16,27H2,1H3,(H,28,32)(H,29,37)(H,35,36)/t18-,20?,21-/m0/s1. The van der Waals surface area contributed by atoms with Gasteiger partial charge in [-0.15, -0.1) is 0 Å². The summed E-state index contributed by atoms with van der Waals surface area (Å²) in [4.78, 5) is 38.2. The van der Waals surface area contributed by atoms with Crippen LogP contribution in [0.2, 0.25) is 0 Å². The van der Waals surface area contributed by atoms with E-state index in [0.717, 1.165) is 6.26 Å². The van der Waals surface area contributed by atoms with Crippen LogP contribution in [0.5, 0.6) is 5.75 Å². The quantitative estimate of drug-likeness (QED) is 0.0865. The molecule has 14 heteroatoms. The van der Waals surface area contributed by atoms with E-state index in [1.165, 1.54) is 12.1 Å². The molecule has 0 aliphatic heterocycles. The molecule has 1 aliphatic carbocycles. The zero-order valence-electron chi connectivity index (χ0n) is 22.7. The van der Waals surface area contributed by atoms with E-state index in [1.807, 2.05) is 0 Å². The number of carboxylic acid groups (broad SMARTS) is 1. The molecule has 3 atom stereocenters. The number of amides is 2. The Balaban J connectivity index is 2.13. The lowest BCUT2D eigenvalue weighted by Crippen LogP contribution is -2.51. The molecule has 0 radical (unpaired) electrons. The molecule has 2 amide bonds. The van der Waals surface area contributed by atoms with E-state index in [-0.39, 0.29) is 31.6 Å². The number of phenols is 1. The molecule has 13 nitrogen and oxygen atoms in total. The number of hydrogen-bond donors (Lipinski definition) is 8. The highest BCUT2D eigenvalue weighted by Crippen LogP contribution is 2.44. The van der Waals surface area contributed by atoms with Crippen LogP contribution in [0.25, 0.3) is 0 Å². The van der Waals surface area contributed by atoms with Crippen LogP contribution in [0.1, 0.15) is 56.9 Å². The molecular weight excluding hydrogens is 544 g/mol. The number of aromatic hydroxyl groups is 1. The van der Waals surface area contributed by atoms with Gasteiger partial charge in [0.1, 0.15) is 17.8 Å². The normalized spacial score (nSPS) is 17.2. The van der Waals surface area contributed by atoms with Gasteiger partial charge in [-0.2, -0.15) is 0 Å². The predicted molar refractivity (Wildman–Crippen MR) is 146 cm³/mol. The Labute approximate surface area is 234 Å². The first-order valence-corrected chi connectivity index (χ1v) is 15.3. The second kappa shape index (κ2) is 15.3. The molecule has 1 aromatic rings. The number of unbranched alkanes of at least 4 members (excludes halogenated alkanes) is 1. The second-order valence-electron chi connectivity index (χ2n) is 10.6. The molecule has 0 spiro atoms. The van der Waals surface area contributed by atoms with Gasteiger partial charge in [-0.25, -0.2) is 17.9 Å². The highest BCUT2D eigenvalue weighted by Gasteiger charge is 2.45. The Bertz CT molecular complexity index is 1090. The summed E-state index contributed by atoms with van der Waals surface area (Å²) in [7, 11) is -3.70. The van der Waals surface area contributed by atoms with Gasteiger partial charge in [-0.3, -0.25) is 9.59 Å². The van der Waals surface area contributed by atoms with Crippen molar-refractivity contribution in [2.45, 2.75) is 76.2 Å². The summed E-state index contributed by atoms with van der Waals surface area (Å²) in [6.07, 6.45) is 2.47. The fourth-order valence-electron chi connectivity index (χ4n) is 5.09. The minimum absolute atomic E-state index is 0.0155. The lowest BCUT2D eigenvalue weighted by Gasteiger charge is -2.34. The molecule has 1 aliphatic rings. The zero-order chi connectivity index (χ0) is 29.9. The number of nitrogens with two attached hydrogens (primary N) is 1. The van der Waals surface area contributed by atoms with Crippen molar-refractivity contribution in [3.05, 3.63) is 29.8 Å². The summed E-state index contributed by atoms with van der Waals surface area (Å²) in [5, 5.41) is 44.6. The largest absolute Gasteiger partial charge is 0.508 e. The van der Waals surface area contributed by atoms with E-state index in [9.17, 15) is 43.2 Å². The van der Waals surface area contributed by atoms with E-state index in [1.54, 1.807) is 12.1 Å². The van der Waals surface area contributed by atoms with Gasteiger partial charge in [-0.05, 0) is 56.3 Å². The first kappa shape index (κ1) is 33.4. The Morgan fingerprint density at radius 3 is 2.20 bits per heavy atom. The van der Waals surface area contributed by atoms with Crippen molar-refractivity contribution in [1.29, 1.82) is 0 Å². The van der Waals surface area contributed by atoms with Gasteiger partial charge < -0.3 is 36.8 Å². The Morgan fingerprint density at radius 2 is 1.68 bits per heavy atom. The summed E-state index contributed by atoms with van der Waals surface area (Å²) >= 11 is 0. The van der Waals surface area contributed by atoms with E-state index in [0.29, 0.717) is 50.6 Å². The monoisotopic (exact) mass is 586 g/mol. The number of phenolic OH excluding ortho intramolecular Hbond substituents is 1. The number of nitrogens with one attached hydrogen (secondary N) is 3. The molecule has 0 bridgehead atoms. The van der Waals surface area contributed by atoms with Gasteiger partial charge in [-0.1, -0.05) is 31.4 Å². The van der Waals surface area contributed by atoms with Crippen LogP contribution in [0.3, 0.4) is 0 Å².